The van der Waals surface area contributed by atoms with Crippen molar-refractivity contribution in [2.75, 3.05) is 18.1 Å². The molecule has 0 saturated heterocycles. The largest absolute Gasteiger partial charge is 0.348 e. The molecule has 0 N–H and O–H groups in total. The first-order valence-corrected chi connectivity index (χ1v) is 7.27. The maximum absolute atomic E-state index is 5.32. The lowest BCUT2D eigenvalue weighted by Crippen LogP contribution is -2.44. The van der Waals surface area contributed by atoms with Gasteiger partial charge < -0.3 is 4.57 Å². The van der Waals surface area contributed by atoms with Crippen LogP contribution < -0.4 is 5.01 Å². The summed E-state index contributed by atoms with van der Waals surface area (Å²) in [6.45, 7) is 6.02. The van der Waals surface area contributed by atoms with E-state index in [9.17, 15) is 0 Å². The van der Waals surface area contributed by atoms with Crippen molar-refractivity contribution >= 4 is 45.8 Å². The number of nitrogens with zero attached hydrogens (tertiary/aromatic N) is 3. The molecule has 19 heavy (non-hydrogen) atoms. The lowest BCUT2D eigenvalue weighted by atomic mass is 10.2. The Morgan fingerprint density at radius 1 is 1.26 bits per heavy atom. The number of thiol groups is 1. The van der Waals surface area contributed by atoms with E-state index in [1.807, 2.05) is 24.2 Å². The summed E-state index contributed by atoms with van der Waals surface area (Å²) in [7, 11) is 2.05. The Kier molecular flexibility index (Phi) is 4.50. The van der Waals surface area contributed by atoms with Crippen LogP contribution in [0, 0.1) is 0 Å². The molecule has 2 rings (SSSR count). The molecule has 0 radical (unpaired) electrons. The number of rotatable bonds is 4. The fourth-order valence-corrected chi connectivity index (χ4v) is 2.82. The van der Waals surface area contributed by atoms with Crippen LogP contribution in [0.3, 0.4) is 0 Å². The molecule has 2 aromatic rings. The Labute approximate surface area is 125 Å². The topological polar surface area (TPSA) is 11.4 Å². The molecular formula is C14H19N3S2. The lowest BCUT2D eigenvalue weighted by Gasteiger charge is -2.33. The van der Waals surface area contributed by atoms with E-state index in [-0.39, 0.29) is 0 Å². The quantitative estimate of drug-likeness (QED) is 0.526. The second-order valence-corrected chi connectivity index (χ2v) is 5.49. The average Bonchev–Trinajstić information content (AvgIpc) is 2.73. The minimum atomic E-state index is 0.569. The zero-order valence-corrected chi connectivity index (χ0v) is 13.2. The standard InChI is InChI=1S/C14H19N3S2/c1-4-16(5-2)17(14(18)19)13-10-15(3)12-9-7-6-8-11(12)13/h6-10H,4-5H2,1-3H3,(H,18,19). The molecular weight excluding hydrogens is 274 g/mol. The van der Waals surface area contributed by atoms with E-state index in [0.29, 0.717) is 4.32 Å². The van der Waals surface area contributed by atoms with E-state index in [2.05, 4.69) is 54.4 Å². The number of aromatic nitrogens is 1. The Morgan fingerprint density at radius 2 is 1.89 bits per heavy atom. The van der Waals surface area contributed by atoms with Crippen molar-refractivity contribution in [1.29, 1.82) is 0 Å². The molecule has 0 fully saturated rings. The molecule has 0 aliphatic carbocycles. The third-order valence-electron chi connectivity index (χ3n) is 3.30. The third kappa shape index (κ3) is 2.63. The van der Waals surface area contributed by atoms with Gasteiger partial charge in [-0.05, 0) is 6.07 Å². The summed E-state index contributed by atoms with van der Waals surface area (Å²) in [4.78, 5) is 0. The fraction of sp³-hybridized carbons (Fsp3) is 0.357. The molecule has 0 unspecified atom stereocenters. The monoisotopic (exact) mass is 293 g/mol. The van der Waals surface area contributed by atoms with Gasteiger partial charge in [-0.25, -0.2) is 5.01 Å². The molecule has 1 aromatic carbocycles. The van der Waals surface area contributed by atoms with Gasteiger partial charge in [-0.2, -0.15) is 0 Å². The molecule has 0 aliphatic rings. The van der Waals surface area contributed by atoms with Crippen LogP contribution >= 0.6 is 24.8 Å². The van der Waals surface area contributed by atoms with Crippen LogP contribution in [0.15, 0.2) is 30.5 Å². The van der Waals surface area contributed by atoms with Crippen LogP contribution in [0.1, 0.15) is 13.8 Å². The highest BCUT2D eigenvalue weighted by Gasteiger charge is 2.20. The minimum absolute atomic E-state index is 0.569. The van der Waals surface area contributed by atoms with E-state index in [4.69, 9.17) is 12.2 Å². The normalized spacial score (nSPS) is 11.2. The summed E-state index contributed by atoms with van der Waals surface area (Å²) < 4.78 is 2.69. The number of hydrazine groups is 1. The predicted octanol–water partition coefficient (Wildman–Crippen LogP) is 3.46. The SMILES string of the molecule is CCN(CC)N(C(=S)S)c1cn(C)c2ccccc12. The lowest BCUT2D eigenvalue weighted by molar-refractivity contribution is 0.321. The fourth-order valence-electron chi connectivity index (χ4n) is 2.37. The first kappa shape index (κ1) is 14.4. The van der Waals surface area contributed by atoms with Crippen molar-refractivity contribution in [3.63, 3.8) is 0 Å². The average molecular weight is 293 g/mol. The van der Waals surface area contributed by atoms with Crippen molar-refractivity contribution < 1.29 is 0 Å². The molecule has 1 heterocycles. The Bertz CT molecular complexity index is 587. The number of aryl methyl sites for hydroxylation is 1. The molecule has 0 saturated carbocycles. The van der Waals surface area contributed by atoms with Gasteiger partial charge in [-0.15, -0.1) is 12.6 Å². The van der Waals surface area contributed by atoms with Gasteiger partial charge in [-0.1, -0.05) is 44.3 Å². The number of anilines is 1. The molecule has 102 valence electrons. The zero-order chi connectivity index (χ0) is 14.0. The Morgan fingerprint density at radius 3 is 2.47 bits per heavy atom. The Balaban J connectivity index is 2.60. The molecule has 0 aliphatic heterocycles. The molecule has 0 amide bonds. The molecule has 3 nitrogen and oxygen atoms in total. The van der Waals surface area contributed by atoms with Gasteiger partial charge in [-0.3, -0.25) is 5.01 Å². The summed E-state index contributed by atoms with van der Waals surface area (Å²) in [5.41, 5.74) is 2.28. The van der Waals surface area contributed by atoms with Gasteiger partial charge in [0.05, 0.1) is 5.69 Å². The molecule has 5 heteroatoms. The highest BCUT2D eigenvalue weighted by atomic mass is 32.1. The van der Waals surface area contributed by atoms with Crippen molar-refractivity contribution in [2.24, 2.45) is 7.05 Å². The second-order valence-electron chi connectivity index (χ2n) is 4.38. The summed E-state index contributed by atoms with van der Waals surface area (Å²) in [6, 6.07) is 8.33. The summed E-state index contributed by atoms with van der Waals surface area (Å²) in [5.74, 6) is 0. The van der Waals surface area contributed by atoms with E-state index in [0.717, 1.165) is 18.8 Å². The van der Waals surface area contributed by atoms with Gasteiger partial charge in [0.25, 0.3) is 0 Å². The predicted molar refractivity (Wildman–Crippen MR) is 89.9 cm³/mol. The van der Waals surface area contributed by atoms with Gasteiger partial charge in [0.1, 0.15) is 0 Å². The van der Waals surface area contributed by atoms with Crippen molar-refractivity contribution in [3.05, 3.63) is 30.5 Å². The molecule has 0 spiro atoms. The van der Waals surface area contributed by atoms with Crippen LogP contribution in [0.2, 0.25) is 0 Å². The van der Waals surface area contributed by atoms with Gasteiger partial charge in [0.15, 0.2) is 4.32 Å². The molecule has 1 aromatic heterocycles. The van der Waals surface area contributed by atoms with Gasteiger partial charge >= 0.3 is 0 Å². The van der Waals surface area contributed by atoms with Crippen LogP contribution in [0.5, 0.6) is 0 Å². The van der Waals surface area contributed by atoms with Crippen LogP contribution in [-0.4, -0.2) is 27.0 Å². The third-order valence-corrected chi connectivity index (χ3v) is 3.66. The Hall–Kier alpha value is -1.04. The number of fused-ring (bicyclic) bond motifs is 1. The van der Waals surface area contributed by atoms with E-state index in [1.54, 1.807) is 0 Å². The highest BCUT2D eigenvalue weighted by Crippen LogP contribution is 2.30. The molecule has 0 bridgehead atoms. The van der Waals surface area contributed by atoms with Crippen LogP contribution in [-0.2, 0) is 7.05 Å². The number of hydrogen-bond donors (Lipinski definition) is 1. The maximum Gasteiger partial charge on any atom is 0.152 e. The van der Waals surface area contributed by atoms with Crippen LogP contribution in [0.4, 0.5) is 5.69 Å². The zero-order valence-electron chi connectivity index (χ0n) is 11.5. The van der Waals surface area contributed by atoms with Gasteiger partial charge in [0, 0.05) is 37.2 Å². The van der Waals surface area contributed by atoms with Gasteiger partial charge in [0.2, 0.25) is 0 Å². The summed E-state index contributed by atoms with van der Waals surface area (Å²) in [5, 5.41) is 5.38. The van der Waals surface area contributed by atoms with E-state index in [1.165, 1.54) is 10.9 Å². The van der Waals surface area contributed by atoms with E-state index < -0.39 is 0 Å². The number of benzene rings is 1. The van der Waals surface area contributed by atoms with Crippen molar-refractivity contribution in [2.45, 2.75) is 13.8 Å². The number of para-hydroxylation sites is 1. The summed E-state index contributed by atoms with van der Waals surface area (Å²) in [6.07, 6.45) is 2.10. The number of thiocarbonyl (C=S) groups is 1. The summed E-state index contributed by atoms with van der Waals surface area (Å²) >= 11 is 9.71. The van der Waals surface area contributed by atoms with Crippen molar-refractivity contribution in [3.8, 4) is 0 Å². The highest BCUT2D eigenvalue weighted by molar-refractivity contribution is 8.11. The van der Waals surface area contributed by atoms with E-state index >= 15 is 0 Å². The molecule has 0 atom stereocenters. The smallest absolute Gasteiger partial charge is 0.152 e. The second kappa shape index (κ2) is 5.94. The van der Waals surface area contributed by atoms with Crippen molar-refractivity contribution in [1.82, 2.24) is 9.58 Å². The van der Waals surface area contributed by atoms with Crippen LogP contribution in [0.25, 0.3) is 10.9 Å². The first-order valence-electron chi connectivity index (χ1n) is 6.42. The number of hydrogen-bond acceptors (Lipinski definition) is 2. The minimum Gasteiger partial charge on any atom is -0.348 e. The first-order chi connectivity index (χ1) is 9.10. The maximum atomic E-state index is 5.32.